The zero-order valence-corrected chi connectivity index (χ0v) is 15.4. The van der Waals surface area contributed by atoms with Gasteiger partial charge in [-0.15, -0.1) is 0 Å². The van der Waals surface area contributed by atoms with Crippen LogP contribution in [0.4, 0.5) is 4.79 Å². The van der Waals surface area contributed by atoms with Gasteiger partial charge in [-0.2, -0.15) is 0 Å². The predicted molar refractivity (Wildman–Crippen MR) is 95.7 cm³/mol. The molecule has 6 heteroatoms. The lowest BCUT2D eigenvalue weighted by Gasteiger charge is -2.21. The summed E-state index contributed by atoms with van der Waals surface area (Å²) in [5, 5.41) is 0. The number of carbonyl (C=O) groups is 4. The Labute approximate surface area is 153 Å². The molecule has 0 N–H and O–H groups in total. The lowest BCUT2D eigenvalue weighted by atomic mass is 9.86. The summed E-state index contributed by atoms with van der Waals surface area (Å²) in [6.07, 6.45) is 3.32. The molecule has 1 heterocycles. The van der Waals surface area contributed by atoms with Crippen LogP contribution in [0.1, 0.15) is 62.4 Å². The largest absolute Gasteiger partial charge is 0.334 e. The Hall–Kier alpha value is -2.50. The molecule has 0 aromatic heterocycles. The number of amides is 4. The molecule has 2 fully saturated rings. The van der Waals surface area contributed by atoms with Crippen LogP contribution in [0.2, 0.25) is 0 Å². The summed E-state index contributed by atoms with van der Waals surface area (Å²) in [6.45, 7) is 5.83. The van der Waals surface area contributed by atoms with Crippen molar-refractivity contribution in [3.63, 3.8) is 0 Å². The number of imide groups is 2. The topological polar surface area (TPSA) is 74.8 Å². The molecule has 0 radical (unpaired) electrons. The van der Waals surface area contributed by atoms with Gasteiger partial charge in [-0.05, 0) is 23.8 Å². The molecule has 26 heavy (non-hydrogen) atoms. The van der Waals surface area contributed by atoms with E-state index in [0.717, 1.165) is 41.0 Å². The van der Waals surface area contributed by atoms with Crippen LogP contribution in [-0.4, -0.2) is 46.0 Å². The first kappa shape index (κ1) is 18.3. The summed E-state index contributed by atoms with van der Waals surface area (Å²) >= 11 is 0. The van der Waals surface area contributed by atoms with Crippen molar-refractivity contribution in [2.24, 2.45) is 0 Å². The Morgan fingerprint density at radius 1 is 1.00 bits per heavy atom. The van der Waals surface area contributed by atoms with Gasteiger partial charge < -0.3 is 0 Å². The number of hydrogen-bond acceptors (Lipinski definition) is 4. The highest BCUT2D eigenvalue weighted by atomic mass is 16.2. The summed E-state index contributed by atoms with van der Waals surface area (Å²) in [5.74, 6) is -2.06. The van der Waals surface area contributed by atoms with Gasteiger partial charge in [0.15, 0.2) is 5.78 Å². The van der Waals surface area contributed by atoms with E-state index >= 15 is 0 Å². The standard InChI is InChI=1S/C20H24N2O4/c1-20(2,3)14-10-8-13(9-11-14)16(23)12-21-17(24)18(25)22(19(21)26)15-6-4-5-7-15/h8-11,15H,4-7,12H2,1-3H3. The van der Waals surface area contributed by atoms with Crippen molar-refractivity contribution in [3.05, 3.63) is 35.4 Å². The predicted octanol–water partition coefficient (Wildman–Crippen LogP) is 2.90. The number of carbonyl (C=O) groups excluding carboxylic acids is 4. The van der Waals surface area contributed by atoms with Gasteiger partial charge in [0.05, 0.1) is 6.54 Å². The minimum Gasteiger partial charge on any atom is -0.292 e. The summed E-state index contributed by atoms with van der Waals surface area (Å²) < 4.78 is 0. The van der Waals surface area contributed by atoms with Crippen molar-refractivity contribution in [3.8, 4) is 0 Å². The minimum absolute atomic E-state index is 0.0311. The van der Waals surface area contributed by atoms with E-state index in [-0.39, 0.29) is 17.2 Å². The van der Waals surface area contributed by atoms with E-state index in [2.05, 4.69) is 20.8 Å². The molecule has 3 rings (SSSR count). The van der Waals surface area contributed by atoms with Gasteiger partial charge in [0.1, 0.15) is 0 Å². The molecule has 2 aliphatic rings. The molecule has 6 nitrogen and oxygen atoms in total. The van der Waals surface area contributed by atoms with Gasteiger partial charge in [0.2, 0.25) is 0 Å². The number of Topliss-reactive ketones (excluding diaryl/α,β-unsaturated/α-hetero) is 1. The van der Waals surface area contributed by atoms with Crippen LogP contribution in [0.15, 0.2) is 24.3 Å². The molecule has 138 valence electrons. The van der Waals surface area contributed by atoms with Crippen LogP contribution in [0, 0.1) is 0 Å². The number of hydrogen-bond donors (Lipinski definition) is 0. The summed E-state index contributed by atoms with van der Waals surface area (Å²) in [4.78, 5) is 51.2. The zero-order chi connectivity index (χ0) is 19.1. The molecule has 1 aromatic rings. The molecular formula is C20H24N2O4. The van der Waals surface area contributed by atoms with E-state index in [1.165, 1.54) is 0 Å². The van der Waals surface area contributed by atoms with Gasteiger partial charge in [-0.3, -0.25) is 19.3 Å². The first-order chi connectivity index (χ1) is 12.2. The van der Waals surface area contributed by atoms with Crippen molar-refractivity contribution >= 4 is 23.6 Å². The molecule has 4 amide bonds. The van der Waals surface area contributed by atoms with Crippen molar-refractivity contribution < 1.29 is 19.2 Å². The number of benzene rings is 1. The Kier molecular flexibility index (Phi) is 4.69. The molecule has 1 saturated carbocycles. The highest BCUT2D eigenvalue weighted by Gasteiger charge is 2.48. The second-order valence-corrected chi connectivity index (χ2v) is 8.04. The molecule has 0 spiro atoms. The second kappa shape index (κ2) is 6.67. The second-order valence-electron chi connectivity index (χ2n) is 8.04. The zero-order valence-electron chi connectivity index (χ0n) is 15.4. The number of nitrogens with zero attached hydrogens (tertiary/aromatic N) is 2. The van der Waals surface area contributed by atoms with E-state index in [1.54, 1.807) is 12.1 Å². The van der Waals surface area contributed by atoms with Crippen LogP contribution >= 0.6 is 0 Å². The maximum atomic E-state index is 12.5. The van der Waals surface area contributed by atoms with E-state index in [9.17, 15) is 19.2 Å². The average Bonchev–Trinajstić information content (AvgIpc) is 3.18. The molecule has 1 aliphatic heterocycles. The normalized spacial score (nSPS) is 19.0. The average molecular weight is 356 g/mol. The Balaban J connectivity index is 1.73. The summed E-state index contributed by atoms with van der Waals surface area (Å²) in [7, 11) is 0. The first-order valence-corrected chi connectivity index (χ1v) is 9.03. The smallest absolute Gasteiger partial charge is 0.292 e. The summed E-state index contributed by atoms with van der Waals surface area (Å²) in [6, 6.07) is 6.26. The van der Waals surface area contributed by atoms with Crippen molar-refractivity contribution in [2.45, 2.75) is 57.9 Å². The fourth-order valence-corrected chi connectivity index (χ4v) is 3.54. The molecule has 0 atom stereocenters. The van der Waals surface area contributed by atoms with E-state index < -0.39 is 24.4 Å². The van der Waals surface area contributed by atoms with E-state index in [0.29, 0.717) is 5.56 Å². The highest BCUT2D eigenvalue weighted by Crippen LogP contribution is 2.28. The number of rotatable bonds is 4. The molecule has 1 aromatic carbocycles. The Morgan fingerprint density at radius 2 is 1.58 bits per heavy atom. The first-order valence-electron chi connectivity index (χ1n) is 9.03. The van der Waals surface area contributed by atoms with Gasteiger partial charge in [-0.1, -0.05) is 57.9 Å². The third-order valence-corrected chi connectivity index (χ3v) is 5.15. The maximum absolute atomic E-state index is 12.5. The van der Waals surface area contributed by atoms with Gasteiger partial charge in [-0.25, -0.2) is 9.69 Å². The van der Waals surface area contributed by atoms with Crippen LogP contribution in [-0.2, 0) is 15.0 Å². The third kappa shape index (κ3) is 3.28. The van der Waals surface area contributed by atoms with Crippen LogP contribution in [0.3, 0.4) is 0 Å². The van der Waals surface area contributed by atoms with Gasteiger partial charge in [0, 0.05) is 11.6 Å². The van der Waals surface area contributed by atoms with Gasteiger partial charge in [0.25, 0.3) is 0 Å². The molecule has 1 aliphatic carbocycles. The lowest BCUT2D eigenvalue weighted by Crippen LogP contribution is -2.41. The summed E-state index contributed by atoms with van der Waals surface area (Å²) in [5.41, 5.74) is 1.48. The van der Waals surface area contributed by atoms with E-state index in [4.69, 9.17) is 0 Å². The molecular weight excluding hydrogens is 332 g/mol. The monoisotopic (exact) mass is 356 g/mol. The molecule has 0 bridgehead atoms. The maximum Gasteiger partial charge on any atom is 0.334 e. The van der Waals surface area contributed by atoms with Crippen LogP contribution in [0.25, 0.3) is 0 Å². The van der Waals surface area contributed by atoms with Crippen LogP contribution in [0.5, 0.6) is 0 Å². The number of urea groups is 1. The fraction of sp³-hybridized carbons (Fsp3) is 0.500. The van der Waals surface area contributed by atoms with E-state index in [1.807, 2.05) is 12.1 Å². The third-order valence-electron chi connectivity index (χ3n) is 5.15. The SMILES string of the molecule is CC(C)(C)c1ccc(C(=O)CN2C(=O)C(=O)N(C3CCCC3)C2=O)cc1. The minimum atomic E-state index is -0.901. The Morgan fingerprint density at radius 3 is 2.12 bits per heavy atom. The quantitative estimate of drug-likeness (QED) is 0.472. The fourth-order valence-electron chi connectivity index (χ4n) is 3.54. The molecule has 1 saturated heterocycles. The molecule has 0 unspecified atom stereocenters. The Bertz CT molecular complexity index is 755. The number of ketones is 1. The lowest BCUT2D eigenvalue weighted by molar-refractivity contribution is -0.143. The van der Waals surface area contributed by atoms with Crippen LogP contribution < -0.4 is 0 Å². The van der Waals surface area contributed by atoms with Crippen molar-refractivity contribution in [1.82, 2.24) is 9.80 Å². The highest BCUT2D eigenvalue weighted by molar-refractivity contribution is 6.45. The van der Waals surface area contributed by atoms with Gasteiger partial charge >= 0.3 is 17.8 Å². The van der Waals surface area contributed by atoms with Crippen molar-refractivity contribution in [2.75, 3.05) is 6.54 Å². The van der Waals surface area contributed by atoms with Crippen molar-refractivity contribution in [1.29, 1.82) is 0 Å².